The first-order chi connectivity index (χ1) is 12.8. The quantitative estimate of drug-likeness (QED) is 0.746. The number of sulfonamides is 1. The van der Waals surface area contributed by atoms with E-state index in [1.807, 2.05) is 13.8 Å². The monoisotopic (exact) mass is 392 g/mol. The maximum Gasteiger partial charge on any atom is 0.262 e. The van der Waals surface area contributed by atoms with Crippen LogP contribution in [0.15, 0.2) is 47.4 Å². The van der Waals surface area contributed by atoms with E-state index in [4.69, 9.17) is 9.47 Å². The Balaban J connectivity index is 2.25. The molecule has 0 aliphatic heterocycles. The molecule has 2 aromatic carbocycles. The molecular formula is C19H24N2O5S. The van der Waals surface area contributed by atoms with Gasteiger partial charge in [-0.2, -0.15) is 0 Å². The average molecular weight is 392 g/mol. The minimum absolute atomic E-state index is 0.0582. The van der Waals surface area contributed by atoms with Crippen molar-refractivity contribution in [2.24, 2.45) is 0 Å². The van der Waals surface area contributed by atoms with Crippen LogP contribution in [0.2, 0.25) is 0 Å². The maximum atomic E-state index is 12.7. The highest BCUT2D eigenvalue weighted by Crippen LogP contribution is 2.31. The highest BCUT2D eigenvalue weighted by molar-refractivity contribution is 7.92. The zero-order valence-electron chi connectivity index (χ0n) is 15.9. The zero-order chi connectivity index (χ0) is 20.0. The molecule has 0 unspecified atom stereocenters. The number of carbonyl (C=O) groups is 1. The summed E-state index contributed by atoms with van der Waals surface area (Å²) in [5, 5.41) is 0. The second-order valence-corrected chi connectivity index (χ2v) is 7.54. The smallest absolute Gasteiger partial charge is 0.262 e. The minimum atomic E-state index is -3.82. The number of amides is 1. The molecule has 1 amide bonds. The predicted molar refractivity (Wildman–Crippen MR) is 104 cm³/mol. The lowest BCUT2D eigenvalue weighted by Gasteiger charge is -2.14. The van der Waals surface area contributed by atoms with Crippen molar-refractivity contribution in [2.75, 3.05) is 32.0 Å². The summed E-state index contributed by atoms with van der Waals surface area (Å²) in [6.45, 7) is 4.49. The van der Waals surface area contributed by atoms with Crippen LogP contribution < -0.4 is 14.2 Å². The van der Waals surface area contributed by atoms with Crippen LogP contribution in [0.5, 0.6) is 11.5 Å². The lowest BCUT2D eigenvalue weighted by atomic mass is 10.2. The fourth-order valence-electron chi connectivity index (χ4n) is 2.35. The van der Waals surface area contributed by atoms with Gasteiger partial charge < -0.3 is 14.4 Å². The molecule has 0 bridgehead atoms. The van der Waals surface area contributed by atoms with Crippen LogP contribution in [0.1, 0.15) is 24.2 Å². The molecule has 2 rings (SSSR count). The van der Waals surface area contributed by atoms with Crippen molar-refractivity contribution in [1.82, 2.24) is 4.90 Å². The number of benzene rings is 2. The van der Waals surface area contributed by atoms with E-state index in [9.17, 15) is 13.2 Å². The highest BCUT2D eigenvalue weighted by Gasteiger charge is 2.18. The molecule has 8 heteroatoms. The fraction of sp³-hybridized carbons (Fsp3) is 0.316. The summed E-state index contributed by atoms with van der Waals surface area (Å²) in [4.78, 5) is 13.4. The van der Waals surface area contributed by atoms with E-state index in [1.54, 1.807) is 44.4 Å². The van der Waals surface area contributed by atoms with Crippen LogP contribution in [0.4, 0.5) is 5.69 Å². The summed E-state index contributed by atoms with van der Waals surface area (Å²) in [7, 11) is -0.509. The van der Waals surface area contributed by atoms with Gasteiger partial charge in [-0.15, -0.1) is 0 Å². The fourth-order valence-corrected chi connectivity index (χ4v) is 3.43. The number of hydrogen-bond acceptors (Lipinski definition) is 5. The van der Waals surface area contributed by atoms with Gasteiger partial charge in [-0.25, -0.2) is 8.42 Å². The van der Waals surface area contributed by atoms with Gasteiger partial charge in [0.25, 0.3) is 15.9 Å². The number of nitrogens with zero attached hydrogens (tertiary/aromatic N) is 1. The lowest BCUT2D eigenvalue weighted by molar-refractivity contribution is 0.0827. The van der Waals surface area contributed by atoms with E-state index in [1.165, 1.54) is 17.0 Å². The van der Waals surface area contributed by atoms with Crippen LogP contribution in [-0.4, -0.2) is 46.5 Å². The Morgan fingerprint density at radius 1 is 0.963 bits per heavy atom. The molecule has 27 heavy (non-hydrogen) atoms. The molecule has 0 spiro atoms. The largest absolute Gasteiger partial charge is 0.490 e. The first kappa shape index (κ1) is 20.6. The number of nitrogens with one attached hydrogen (secondary N) is 1. The average Bonchev–Trinajstić information content (AvgIpc) is 2.63. The third kappa shape index (κ3) is 5.13. The summed E-state index contributed by atoms with van der Waals surface area (Å²) in [6, 6.07) is 10.7. The van der Waals surface area contributed by atoms with Gasteiger partial charge in [-0.3, -0.25) is 9.52 Å². The molecule has 0 atom stereocenters. The van der Waals surface area contributed by atoms with Crippen LogP contribution in [0.25, 0.3) is 0 Å². The summed E-state index contributed by atoms with van der Waals surface area (Å²) >= 11 is 0. The Hall–Kier alpha value is -2.74. The molecule has 0 aliphatic carbocycles. The molecule has 0 aliphatic rings. The molecule has 146 valence electrons. The Kier molecular flexibility index (Phi) is 6.68. The van der Waals surface area contributed by atoms with Crippen molar-refractivity contribution in [2.45, 2.75) is 18.7 Å². The summed E-state index contributed by atoms with van der Waals surface area (Å²) in [5.41, 5.74) is 0.833. The van der Waals surface area contributed by atoms with Gasteiger partial charge in [0.1, 0.15) is 0 Å². The second-order valence-electron chi connectivity index (χ2n) is 5.86. The predicted octanol–water partition coefficient (Wildman–Crippen LogP) is 2.99. The van der Waals surface area contributed by atoms with Gasteiger partial charge in [-0.05, 0) is 50.2 Å². The molecule has 2 aromatic rings. The van der Waals surface area contributed by atoms with Crippen molar-refractivity contribution in [1.29, 1.82) is 0 Å². The van der Waals surface area contributed by atoms with Crippen LogP contribution in [0.3, 0.4) is 0 Å². The molecule has 7 nitrogen and oxygen atoms in total. The molecule has 0 fully saturated rings. The normalized spacial score (nSPS) is 11.0. The van der Waals surface area contributed by atoms with Gasteiger partial charge in [-0.1, -0.05) is 0 Å². The number of carbonyl (C=O) groups excluding carboxylic acids is 1. The van der Waals surface area contributed by atoms with E-state index < -0.39 is 10.0 Å². The van der Waals surface area contributed by atoms with Crippen molar-refractivity contribution < 1.29 is 22.7 Å². The van der Waals surface area contributed by atoms with E-state index in [2.05, 4.69) is 4.72 Å². The van der Waals surface area contributed by atoms with E-state index in [-0.39, 0.29) is 10.8 Å². The first-order valence-corrected chi connectivity index (χ1v) is 10.0. The SMILES string of the molecule is CCOc1ccc(S(=O)(=O)Nc2ccc(C(=O)N(C)C)cc2)cc1OCC. The molecular weight excluding hydrogens is 368 g/mol. The maximum absolute atomic E-state index is 12.7. The molecule has 1 N–H and O–H groups in total. The van der Waals surface area contributed by atoms with Crippen molar-refractivity contribution in [3.63, 3.8) is 0 Å². The zero-order valence-corrected chi connectivity index (χ0v) is 16.7. The third-order valence-corrected chi connectivity index (χ3v) is 4.99. The number of rotatable bonds is 8. The summed E-state index contributed by atoms with van der Waals surface area (Å²) in [6.07, 6.45) is 0. The molecule has 0 aromatic heterocycles. The Morgan fingerprint density at radius 3 is 2.11 bits per heavy atom. The highest BCUT2D eigenvalue weighted by atomic mass is 32.2. The van der Waals surface area contributed by atoms with Crippen LogP contribution in [-0.2, 0) is 10.0 Å². The summed E-state index contributed by atoms with van der Waals surface area (Å²) in [5.74, 6) is 0.705. The van der Waals surface area contributed by atoms with Crippen molar-refractivity contribution in [3.8, 4) is 11.5 Å². The molecule has 0 radical (unpaired) electrons. The second kappa shape index (κ2) is 8.77. The van der Waals surface area contributed by atoms with E-state index in [0.717, 1.165) is 0 Å². The minimum Gasteiger partial charge on any atom is -0.490 e. The van der Waals surface area contributed by atoms with Gasteiger partial charge in [0.05, 0.1) is 18.1 Å². The number of ether oxygens (including phenoxy) is 2. The van der Waals surface area contributed by atoms with E-state index >= 15 is 0 Å². The first-order valence-electron chi connectivity index (χ1n) is 8.52. The number of hydrogen-bond donors (Lipinski definition) is 1. The van der Waals surface area contributed by atoms with Gasteiger partial charge in [0.2, 0.25) is 0 Å². The summed E-state index contributed by atoms with van der Waals surface area (Å²) < 4.78 is 38.8. The Bertz CT molecular complexity index is 893. The van der Waals surface area contributed by atoms with Gasteiger partial charge in [0, 0.05) is 31.4 Å². The van der Waals surface area contributed by atoms with E-state index in [0.29, 0.717) is 36.0 Å². The lowest BCUT2D eigenvalue weighted by Crippen LogP contribution is -2.21. The topological polar surface area (TPSA) is 84.9 Å². The van der Waals surface area contributed by atoms with Crippen LogP contribution in [0, 0.1) is 0 Å². The molecule has 0 saturated heterocycles. The van der Waals surface area contributed by atoms with Crippen molar-refractivity contribution >= 4 is 21.6 Å². The van der Waals surface area contributed by atoms with Gasteiger partial charge >= 0.3 is 0 Å². The van der Waals surface area contributed by atoms with Crippen LogP contribution >= 0.6 is 0 Å². The molecule has 0 heterocycles. The van der Waals surface area contributed by atoms with Gasteiger partial charge in [0.15, 0.2) is 11.5 Å². The molecule has 0 saturated carbocycles. The standard InChI is InChI=1S/C19H24N2O5S/c1-5-25-17-12-11-16(13-18(17)26-6-2)27(23,24)20-15-9-7-14(8-10-15)19(22)21(3)4/h7-13,20H,5-6H2,1-4H3. The Labute approximate surface area is 160 Å². The van der Waals surface area contributed by atoms with Crippen molar-refractivity contribution in [3.05, 3.63) is 48.0 Å². The third-order valence-electron chi connectivity index (χ3n) is 3.62. The number of anilines is 1. The Morgan fingerprint density at radius 2 is 1.56 bits per heavy atom.